The van der Waals surface area contributed by atoms with Gasteiger partial charge in [-0.05, 0) is 37.6 Å². The Kier molecular flexibility index (Phi) is 6.03. The molecule has 2 atom stereocenters. The number of carbonyl (C=O) groups is 1. The molecule has 3 nitrogen and oxygen atoms in total. The number of carbonyl (C=O) groups excluding carboxylic acids is 1. The van der Waals surface area contributed by atoms with Crippen molar-refractivity contribution in [2.75, 3.05) is 39.3 Å². The van der Waals surface area contributed by atoms with E-state index in [2.05, 4.69) is 30.6 Å². The minimum atomic E-state index is 0.314. The molecule has 0 bridgehead atoms. The number of nitrogens with zero attached hydrogens (tertiary/aromatic N) is 2. The van der Waals surface area contributed by atoms with E-state index in [0.717, 1.165) is 50.7 Å². The van der Waals surface area contributed by atoms with E-state index in [-0.39, 0.29) is 0 Å². The van der Waals surface area contributed by atoms with Crippen LogP contribution in [0.15, 0.2) is 0 Å². The standard InChI is InChI=1S/C17H32N2O/c1-4-7-18-8-10-19(11-9-18)13-16-12-15(14(2)3)5-6-17(16)20/h14-16H,4-13H2,1-3H3. The van der Waals surface area contributed by atoms with E-state index < -0.39 is 0 Å². The van der Waals surface area contributed by atoms with Gasteiger partial charge in [-0.3, -0.25) is 4.79 Å². The lowest BCUT2D eigenvalue weighted by atomic mass is 9.75. The smallest absolute Gasteiger partial charge is 0.137 e. The van der Waals surface area contributed by atoms with Crippen LogP contribution in [-0.2, 0) is 4.79 Å². The predicted molar refractivity (Wildman–Crippen MR) is 83.8 cm³/mol. The van der Waals surface area contributed by atoms with Crippen molar-refractivity contribution in [2.45, 2.75) is 46.5 Å². The first-order chi connectivity index (χ1) is 9.60. The molecule has 0 spiro atoms. The summed E-state index contributed by atoms with van der Waals surface area (Å²) in [4.78, 5) is 17.2. The monoisotopic (exact) mass is 280 g/mol. The van der Waals surface area contributed by atoms with Gasteiger partial charge in [0, 0.05) is 45.1 Å². The van der Waals surface area contributed by atoms with Crippen LogP contribution < -0.4 is 0 Å². The van der Waals surface area contributed by atoms with Crippen molar-refractivity contribution in [2.24, 2.45) is 17.8 Å². The molecule has 116 valence electrons. The molecule has 2 unspecified atom stereocenters. The zero-order valence-corrected chi connectivity index (χ0v) is 13.6. The third kappa shape index (κ3) is 4.29. The summed E-state index contributed by atoms with van der Waals surface area (Å²) in [6, 6.07) is 0. The van der Waals surface area contributed by atoms with Crippen LogP contribution >= 0.6 is 0 Å². The van der Waals surface area contributed by atoms with Crippen molar-refractivity contribution in [1.82, 2.24) is 9.80 Å². The van der Waals surface area contributed by atoms with E-state index in [1.807, 2.05) is 0 Å². The molecule has 0 aromatic heterocycles. The number of hydrogen-bond donors (Lipinski definition) is 0. The summed E-state index contributed by atoms with van der Waals surface area (Å²) < 4.78 is 0. The molecule has 20 heavy (non-hydrogen) atoms. The van der Waals surface area contributed by atoms with E-state index in [0.29, 0.717) is 11.7 Å². The van der Waals surface area contributed by atoms with Gasteiger partial charge in [-0.2, -0.15) is 0 Å². The fourth-order valence-corrected chi connectivity index (χ4v) is 3.75. The molecule has 0 aromatic rings. The largest absolute Gasteiger partial charge is 0.301 e. The molecule has 0 aromatic carbocycles. The highest BCUT2D eigenvalue weighted by Crippen LogP contribution is 2.32. The Morgan fingerprint density at radius 1 is 1.15 bits per heavy atom. The SMILES string of the molecule is CCCN1CCN(CC2CC(C(C)C)CCC2=O)CC1. The highest BCUT2D eigenvalue weighted by Gasteiger charge is 2.31. The second-order valence-electron chi connectivity index (χ2n) is 7.08. The molecule has 0 radical (unpaired) electrons. The fraction of sp³-hybridized carbons (Fsp3) is 0.941. The second-order valence-corrected chi connectivity index (χ2v) is 7.08. The molecule has 1 aliphatic heterocycles. The summed E-state index contributed by atoms with van der Waals surface area (Å²) in [5.74, 6) is 2.33. The maximum Gasteiger partial charge on any atom is 0.137 e. The van der Waals surface area contributed by atoms with Crippen LogP contribution in [0.5, 0.6) is 0 Å². The molecule has 1 heterocycles. The van der Waals surface area contributed by atoms with Gasteiger partial charge in [0.25, 0.3) is 0 Å². The Morgan fingerprint density at radius 3 is 2.40 bits per heavy atom. The molecule has 1 saturated heterocycles. The molecule has 2 aliphatic rings. The number of ketones is 1. The number of hydrogen-bond acceptors (Lipinski definition) is 3. The van der Waals surface area contributed by atoms with Gasteiger partial charge in [0.1, 0.15) is 5.78 Å². The third-order valence-corrected chi connectivity index (χ3v) is 5.23. The molecule has 2 rings (SSSR count). The molecular formula is C17H32N2O. The van der Waals surface area contributed by atoms with Gasteiger partial charge in [0.05, 0.1) is 0 Å². The van der Waals surface area contributed by atoms with E-state index >= 15 is 0 Å². The molecule has 0 N–H and O–H groups in total. The maximum absolute atomic E-state index is 12.2. The van der Waals surface area contributed by atoms with Crippen LogP contribution in [0, 0.1) is 17.8 Å². The molecule has 1 aliphatic carbocycles. The third-order valence-electron chi connectivity index (χ3n) is 5.23. The summed E-state index contributed by atoms with van der Waals surface area (Å²) >= 11 is 0. The normalized spacial score (nSPS) is 30.1. The lowest BCUT2D eigenvalue weighted by molar-refractivity contribution is -0.126. The highest BCUT2D eigenvalue weighted by molar-refractivity contribution is 5.82. The van der Waals surface area contributed by atoms with Crippen molar-refractivity contribution in [3.8, 4) is 0 Å². The molecule has 1 saturated carbocycles. The minimum absolute atomic E-state index is 0.314. The highest BCUT2D eigenvalue weighted by atomic mass is 16.1. The van der Waals surface area contributed by atoms with Crippen molar-refractivity contribution in [1.29, 1.82) is 0 Å². The van der Waals surface area contributed by atoms with E-state index in [1.54, 1.807) is 0 Å². The molecule has 3 heteroatoms. The maximum atomic E-state index is 12.2. The van der Waals surface area contributed by atoms with Crippen LogP contribution in [0.25, 0.3) is 0 Å². The summed E-state index contributed by atoms with van der Waals surface area (Å²) in [5, 5.41) is 0. The van der Waals surface area contributed by atoms with E-state index in [9.17, 15) is 4.79 Å². The van der Waals surface area contributed by atoms with Crippen LogP contribution in [0.2, 0.25) is 0 Å². The Hall–Kier alpha value is -0.410. The van der Waals surface area contributed by atoms with Gasteiger partial charge >= 0.3 is 0 Å². The van der Waals surface area contributed by atoms with Gasteiger partial charge in [-0.25, -0.2) is 0 Å². The van der Waals surface area contributed by atoms with E-state index in [4.69, 9.17) is 0 Å². The van der Waals surface area contributed by atoms with Gasteiger partial charge in [-0.1, -0.05) is 20.8 Å². The topological polar surface area (TPSA) is 23.6 Å². The lowest BCUT2D eigenvalue weighted by Gasteiger charge is -2.38. The Labute approximate surface area is 124 Å². The van der Waals surface area contributed by atoms with Gasteiger partial charge < -0.3 is 9.80 Å². The number of piperazine rings is 1. The van der Waals surface area contributed by atoms with Gasteiger partial charge in [0.15, 0.2) is 0 Å². The van der Waals surface area contributed by atoms with Crippen LogP contribution in [0.1, 0.15) is 46.5 Å². The summed E-state index contributed by atoms with van der Waals surface area (Å²) in [7, 11) is 0. The van der Waals surface area contributed by atoms with Gasteiger partial charge in [-0.15, -0.1) is 0 Å². The first-order valence-electron chi connectivity index (χ1n) is 8.57. The average molecular weight is 280 g/mol. The van der Waals surface area contributed by atoms with Crippen molar-refractivity contribution in [3.63, 3.8) is 0 Å². The Morgan fingerprint density at radius 2 is 1.80 bits per heavy atom. The first kappa shape index (κ1) is 16.0. The molecular weight excluding hydrogens is 248 g/mol. The van der Waals surface area contributed by atoms with E-state index in [1.165, 1.54) is 26.1 Å². The summed E-state index contributed by atoms with van der Waals surface area (Å²) in [5.41, 5.74) is 0. The van der Waals surface area contributed by atoms with Crippen molar-refractivity contribution >= 4 is 5.78 Å². The summed E-state index contributed by atoms with van der Waals surface area (Å²) in [6.45, 7) is 13.8. The van der Waals surface area contributed by atoms with Crippen LogP contribution in [0.4, 0.5) is 0 Å². The second kappa shape index (κ2) is 7.56. The predicted octanol–water partition coefficient (Wildman–Crippen LogP) is 2.66. The van der Waals surface area contributed by atoms with Gasteiger partial charge in [0.2, 0.25) is 0 Å². The number of rotatable bonds is 5. The zero-order valence-electron chi connectivity index (χ0n) is 13.6. The molecule has 0 amide bonds. The lowest BCUT2D eigenvalue weighted by Crippen LogP contribution is -2.49. The Balaban J connectivity index is 1.79. The quantitative estimate of drug-likeness (QED) is 0.773. The summed E-state index contributed by atoms with van der Waals surface area (Å²) in [6.07, 6.45) is 4.32. The van der Waals surface area contributed by atoms with Crippen LogP contribution in [-0.4, -0.2) is 54.9 Å². The van der Waals surface area contributed by atoms with Crippen molar-refractivity contribution in [3.05, 3.63) is 0 Å². The average Bonchev–Trinajstić information content (AvgIpc) is 2.43. The number of Topliss-reactive ketones (excluding diaryl/α,β-unsaturated/α-hetero) is 1. The Bertz CT molecular complexity index is 308. The zero-order chi connectivity index (χ0) is 14.5. The first-order valence-corrected chi connectivity index (χ1v) is 8.57. The van der Waals surface area contributed by atoms with Crippen molar-refractivity contribution < 1.29 is 4.79 Å². The minimum Gasteiger partial charge on any atom is -0.301 e. The fourth-order valence-electron chi connectivity index (χ4n) is 3.75. The molecule has 2 fully saturated rings. The van der Waals surface area contributed by atoms with Crippen LogP contribution in [0.3, 0.4) is 0 Å².